The number of benzene rings is 2. The second-order valence-corrected chi connectivity index (χ2v) is 7.92. The summed E-state index contributed by atoms with van der Waals surface area (Å²) in [4.78, 5) is 28.4. The van der Waals surface area contributed by atoms with Crippen LogP contribution in [0.25, 0.3) is 11.0 Å². The number of hydrogen-bond donors (Lipinski definition) is 0. The summed E-state index contributed by atoms with van der Waals surface area (Å²) in [7, 11) is 0. The summed E-state index contributed by atoms with van der Waals surface area (Å²) >= 11 is 0. The maximum Gasteiger partial charge on any atom is 0.410 e. The summed E-state index contributed by atoms with van der Waals surface area (Å²) in [5.74, 6) is -2.02. The number of rotatable bonds is 3. The van der Waals surface area contributed by atoms with Crippen LogP contribution in [0, 0.1) is 11.6 Å². The number of carbonyl (C=O) groups excluding carboxylic acids is 2. The molecule has 160 valence electrons. The molecule has 31 heavy (non-hydrogen) atoms. The molecule has 2 fully saturated rings. The van der Waals surface area contributed by atoms with Gasteiger partial charge >= 0.3 is 6.09 Å². The van der Waals surface area contributed by atoms with Gasteiger partial charge in [0.15, 0.2) is 11.6 Å². The molecule has 2 saturated heterocycles. The monoisotopic (exact) mass is 428 g/mol. The topological polar surface area (TPSA) is 88.8 Å². The van der Waals surface area contributed by atoms with E-state index in [0.29, 0.717) is 54.6 Å². The Hall–Kier alpha value is -3.56. The van der Waals surface area contributed by atoms with E-state index in [0.717, 1.165) is 12.1 Å². The molecule has 0 unspecified atom stereocenters. The molecule has 0 atom stereocenters. The highest BCUT2D eigenvalue weighted by Crippen LogP contribution is 2.34. The lowest BCUT2D eigenvalue weighted by Crippen LogP contribution is -2.48. The van der Waals surface area contributed by atoms with Gasteiger partial charge in [0.2, 0.25) is 0 Å². The SMILES string of the molecule is O=C1OC2(CCN(C(=O)c3ccc4nonc4c3)CC2)CN1Cc1ccc(F)c(F)c1. The average molecular weight is 428 g/mol. The van der Waals surface area contributed by atoms with Crippen LogP contribution in [-0.4, -0.2) is 57.3 Å². The van der Waals surface area contributed by atoms with Crippen molar-refractivity contribution >= 4 is 23.0 Å². The summed E-state index contributed by atoms with van der Waals surface area (Å²) in [6.07, 6.45) is 0.493. The van der Waals surface area contributed by atoms with Gasteiger partial charge in [0, 0.05) is 38.0 Å². The van der Waals surface area contributed by atoms with Gasteiger partial charge in [-0.2, -0.15) is 0 Å². The van der Waals surface area contributed by atoms with Gasteiger partial charge in [-0.25, -0.2) is 18.2 Å². The van der Waals surface area contributed by atoms with Crippen LogP contribution >= 0.6 is 0 Å². The number of likely N-dealkylation sites (tertiary alicyclic amines) is 1. The van der Waals surface area contributed by atoms with Crippen molar-refractivity contribution in [3.05, 3.63) is 59.2 Å². The lowest BCUT2D eigenvalue weighted by molar-refractivity contribution is 0.00313. The highest BCUT2D eigenvalue weighted by Gasteiger charge is 2.47. The minimum Gasteiger partial charge on any atom is -0.441 e. The summed E-state index contributed by atoms with van der Waals surface area (Å²) in [5.41, 5.74) is 1.37. The zero-order valence-corrected chi connectivity index (χ0v) is 16.4. The Morgan fingerprint density at radius 3 is 2.58 bits per heavy atom. The fraction of sp³-hybridized carbons (Fsp3) is 0.333. The van der Waals surface area contributed by atoms with Crippen LogP contribution in [0.1, 0.15) is 28.8 Å². The van der Waals surface area contributed by atoms with E-state index in [-0.39, 0.29) is 12.5 Å². The molecule has 0 aliphatic carbocycles. The van der Waals surface area contributed by atoms with Crippen molar-refractivity contribution < 1.29 is 27.7 Å². The summed E-state index contributed by atoms with van der Waals surface area (Å²) < 4.78 is 36.9. The Bertz CT molecular complexity index is 1170. The highest BCUT2D eigenvalue weighted by atomic mass is 19.2. The number of aromatic nitrogens is 2. The summed E-state index contributed by atoms with van der Waals surface area (Å²) in [6.45, 7) is 1.33. The van der Waals surface area contributed by atoms with E-state index >= 15 is 0 Å². The van der Waals surface area contributed by atoms with Crippen molar-refractivity contribution in [1.82, 2.24) is 20.1 Å². The minimum absolute atomic E-state index is 0.131. The first-order chi connectivity index (χ1) is 14.9. The van der Waals surface area contributed by atoms with Crippen LogP contribution in [0.15, 0.2) is 41.0 Å². The molecule has 1 aromatic heterocycles. The quantitative estimate of drug-likeness (QED) is 0.637. The lowest BCUT2D eigenvalue weighted by Gasteiger charge is -2.37. The van der Waals surface area contributed by atoms with Crippen LogP contribution in [0.3, 0.4) is 0 Å². The van der Waals surface area contributed by atoms with Gasteiger partial charge in [-0.1, -0.05) is 6.07 Å². The van der Waals surface area contributed by atoms with Crippen LogP contribution in [0.4, 0.5) is 13.6 Å². The minimum atomic E-state index is -0.953. The molecule has 5 rings (SSSR count). The van der Waals surface area contributed by atoms with Crippen LogP contribution < -0.4 is 0 Å². The van der Waals surface area contributed by atoms with Gasteiger partial charge in [0.25, 0.3) is 5.91 Å². The lowest BCUT2D eigenvalue weighted by atomic mass is 9.91. The van der Waals surface area contributed by atoms with Gasteiger partial charge in [0.1, 0.15) is 16.6 Å². The fourth-order valence-corrected chi connectivity index (χ4v) is 4.15. The maximum absolute atomic E-state index is 13.5. The molecule has 2 amide bonds. The second-order valence-electron chi connectivity index (χ2n) is 7.92. The van der Waals surface area contributed by atoms with Crippen molar-refractivity contribution in [3.8, 4) is 0 Å². The van der Waals surface area contributed by atoms with Crippen molar-refractivity contribution in [1.29, 1.82) is 0 Å². The number of hydrogen-bond acceptors (Lipinski definition) is 6. The Labute approximate surface area is 175 Å². The van der Waals surface area contributed by atoms with Crippen molar-refractivity contribution in [3.63, 3.8) is 0 Å². The van der Waals surface area contributed by atoms with E-state index in [1.54, 1.807) is 23.1 Å². The number of fused-ring (bicyclic) bond motifs is 1. The van der Waals surface area contributed by atoms with E-state index in [1.165, 1.54) is 11.0 Å². The number of carbonyl (C=O) groups is 2. The van der Waals surface area contributed by atoms with Crippen LogP contribution in [0.5, 0.6) is 0 Å². The third-order valence-corrected chi connectivity index (χ3v) is 5.86. The molecule has 3 heterocycles. The zero-order chi connectivity index (χ0) is 21.6. The van der Waals surface area contributed by atoms with Crippen molar-refractivity contribution in [2.45, 2.75) is 25.0 Å². The molecule has 1 spiro atoms. The van der Waals surface area contributed by atoms with E-state index in [9.17, 15) is 18.4 Å². The standard InChI is InChI=1S/C21H18F2N4O4/c22-15-3-1-13(9-16(15)23)11-27-12-21(30-20(27)29)5-7-26(8-6-21)19(28)14-2-4-17-18(10-14)25-31-24-17/h1-4,9-10H,5-8,11-12H2. The largest absolute Gasteiger partial charge is 0.441 e. The van der Waals surface area contributed by atoms with Crippen molar-refractivity contribution in [2.75, 3.05) is 19.6 Å². The first kappa shape index (κ1) is 19.4. The third kappa shape index (κ3) is 3.58. The zero-order valence-electron chi connectivity index (χ0n) is 16.4. The van der Waals surface area contributed by atoms with Gasteiger partial charge in [-0.05, 0) is 46.2 Å². The van der Waals surface area contributed by atoms with Gasteiger partial charge < -0.3 is 9.64 Å². The van der Waals surface area contributed by atoms with Gasteiger partial charge in [-0.3, -0.25) is 9.69 Å². The highest BCUT2D eigenvalue weighted by molar-refractivity contribution is 5.97. The fourth-order valence-electron chi connectivity index (χ4n) is 4.15. The summed E-state index contributed by atoms with van der Waals surface area (Å²) in [5, 5.41) is 7.49. The number of nitrogens with zero attached hydrogens (tertiary/aromatic N) is 4. The molecular formula is C21H18F2N4O4. The normalized spacial score (nSPS) is 18.1. The summed E-state index contributed by atoms with van der Waals surface area (Å²) in [6, 6.07) is 8.56. The van der Waals surface area contributed by atoms with E-state index in [2.05, 4.69) is 14.9 Å². The maximum atomic E-state index is 13.5. The van der Waals surface area contributed by atoms with E-state index in [4.69, 9.17) is 4.74 Å². The molecule has 3 aromatic rings. The van der Waals surface area contributed by atoms with Crippen LogP contribution in [0.2, 0.25) is 0 Å². The number of halogens is 2. The number of ether oxygens (including phenoxy) is 1. The van der Waals surface area contributed by atoms with Crippen molar-refractivity contribution in [2.24, 2.45) is 0 Å². The molecule has 10 heteroatoms. The smallest absolute Gasteiger partial charge is 0.410 e. The molecule has 0 N–H and O–H groups in total. The molecule has 8 nitrogen and oxygen atoms in total. The molecule has 0 bridgehead atoms. The molecular weight excluding hydrogens is 410 g/mol. The molecule has 2 aliphatic heterocycles. The Kier molecular flexibility index (Phi) is 4.57. The molecule has 0 radical (unpaired) electrons. The first-order valence-electron chi connectivity index (χ1n) is 9.86. The second kappa shape index (κ2) is 7.29. The molecule has 2 aromatic carbocycles. The van der Waals surface area contributed by atoms with Gasteiger partial charge in [0.05, 0.1) is 6.54 Å². The molecule has 2 aliphatic rings. The number of amides is 2. The average Bonchev–Trinajstić information content (AvgIpc) is 3.35. The number of piperidine rings is 1. The Balaban J connectivity index is 1.23. The Morgan fingerprint density at radius 2 is 1.81 bits per heavy atom. The predicted octanol–water partition coefficient (Wildman–Crippen LogP) is 3.13. The predicted molar refractivity (Wildman–Crippen MR) is 103 cm³/mol. The van der Waals surface area contributed by atoms with Crippen LogP contribution in [-0.2, 0) is 11.3 Å². The van der Waals surface area contributed by atoms with E-state index < -0.39 is 23.3 Å². The Morgan fingerprint density at radius 1 is 1.03 bits per heavy atom. The third-order valence-electron chi connectivity index (χ3n) is 5.86. The van der Waals surface area contributed by atoms with Gasteiger partial charge in [-0.15, -0.1) is 0 Å². The molecule has 0 saturated carbocycles. The first-order valence-corrected chi connectivity index (χ1v) is 9.86. The van der Waals surface area contributed by atoms with E-state index in [1.807, 2.05) is 0 Å².